The zero-order valence-electron chi connectivity index (χ0n) is 18.7. The smallest absolute Gasteiger partial charge is 0.146 e. The molecule has 30 heavy (non-hydrogen) atoms. The van der Waals surface area contributed by atoms with Gasteiger partial charge in [-0.05, 0) is 49.0 Å². The Bertz CT molecular complexity index is 891. The van der Waals surface area contributed by atoms with Crippen molar-refractivity contribution in [1.82, 2.24) is 14.9 Å². The van der Waals surface area contributed by atoms with Crippen molar-refractivity contribution in [2.45, 2.75) is 71.9 Å². The van der Waals surface area contributed by atoms with Crippen molar-refractivity contribution in [3.8, 4) is 0 Å². The van der Waals surface area contributed by atoms with Crippen LogP contribution in [-0.2, 0) is 24.1 Å². The molecule has 2 aromatic rings. The number of fused-ring (bicyclic) bond motifs is 3. The molecule has 4 atom stereocenters. The molecule has 164 valence electrons. The number of aryl methyl sites for hydroxylation is 1. The van der Waals surface area contributed by atoms with Gasteiger partial charge in [0.2, 0.25) is 0 Å². The third-order valence-corrected chi connectivity index (χ3v) is 8.85. The maximum atomic E-state index is 5.53. The van der Waals surface area contributed by atoms with Gasteiger partial charge in [0.25, 0.3) is 0 Å². The van der Waals surface area contributed by atoms with Crippen molar-refractivity contribution in [3.63, 3.8) is 0 Å². The van der Waals surface area contributed by atoms with Crippen LogP contribution in [0.4, 0.5) is 5.82 Å². The van der Waals surface area contributed by atoms with Gasteiger partial charge in [-0.15, -0.1) is 11.3 Å². The van der Waals surface area contributed by atoms with E-state index in [-0.39, 0.29) is 0 Å². The molecule has 1 aliphatic heterocycles. The predicted molar refractivity (Wildman–Crippen MR) is 124 cm³/mol. The van der Waals surface area contributed by atoms with Gasteiger partial charge in [-0.3, -0.25) is 4.90 Å². The van der Waals surface area contributed by atoms with E-state index in [4.69, 9.17) is 14.7 Å². The molecule has 2 aromatic heterocycles. The van der Waals surface area contributed by atoms with Gasteiger partial charge in [-0.25, -0.2) is 9.97 Å². The van der Waals surface area contributed by atoms with Crippen LogP contribution in [0.15, 0.2) is 0 Å². The third kappa shape index (κ3) is 4.11. The van der Waals surface area contributed by atoms with Gasteiger partial charge in [0, 0.05) is 24.0 Å². The molecule has 0 bridgehead atoms. The molecule has 0 amide bonds. The highest BCUT2D eigenvalue weighted by Crippen LogP contribution is 2.41. The zero-order valence-corrected chi connectivity index (χ0v) is 19.6. The lowest BCUT2D eigenvalue weighted by Gasteiger charge is -2.35. The van der Waals surface area contributed by atoms with Gasteiger partial charge in [0.1, 0.15) is 16.5 Å². The second-order valence-electron chi connectivity index (χ2n) is 9.93. The van der Waals surface area contributed by atoms with E-state index in [2.05, 4.69) is 31.0 Å². The summed E-state index contributed by atoms with van der Waals surface area (Å²) >= 11 is 1.92. The number of rotatable bonds is 4. The first-order chi connectivity index (χ1) is 14.6. The van der Waals surface area contributed by atoms with Gasteiger partial charge in [-0.1, -0.05) is 33.6 Å². The van der Waals surface area contributed by atoms with E-state index >= 15 is 0 Å². The summed E-state index contributed by atoms with van der Waals surface area (Å²) in [4.78, 5) is 15.4. The van der Waals surface area contributed by atoms with Gasteiger partial charge in [0.15, 0.2) is 0 Å². The SMILES string of the molecule is C[C@@H]1CCc2c(sc3nc(CN4CCOCC4)nc(N[C@H]4CCC[C@H](C)[C@@H]4C)c23)C1. The highest BCUT2D eigenvalue weighted by Gasteiger charge is 2.30. The number of nitrogens with one attached hydrogen (secondary N) is 1. The fourth-order valence-electron chi connectivity index (χ4n) is 5.48. The highest BCUT2D eigenvalue weighted by molar-refractivity contribution is 7.19. The van der Waals surface area contributed by atoms with Crippen molar-refractivity contribution in [1.29, 1.82) is 0 Å². The number of thiophene rings is 1. The lowest BCUT2D eigenvalue weighted by Crippen LogP contribution is -2.37. The van der Waals surface area contributed by atoms with Crippen molar-refractivity contribution in [2.24, 2.45) is 17.8 Å². The summed E-state index contributed by atoms with van der Waals surface area (Å²) < 4.78 is 5.53. The van der Waals surface area contributed by atoms with Crippen LogP contribution in [0.1, 0.15) is 62.7 Å². The van der Waals surface area contributed by atoms with E-state index in [9.17, 15) is 0 Å². The lowest BCUT2D eigenvalue weighted by atomic mass is 9.78. The largest absolute Gasteiger partial charge is 0.379 e. The molecular formula is C24H36N4OS. The third-order valence-electron chi connectivity index (χ3n) is 7.70. The molecule has 6 heteroatoms. The van der Waals surface area contributed by atoms with Crippen molar-refractivity contribution < 1.29 is 4.74 Å². The number of anilines is 1. The molecule has 5 nitrogen and oxygen atoms in total. The minimum Gasteiger partial charge on any atom is -0.379 e. The summed E-state index contributed by atoms with van der Waals surface area (Å²) in [5.74, 6) is 4.32. The van der Waals surface area contributed by atoms with Crippen LogP contribution in [0, 0.1) is 17.8 Å². The van der Waals surface area contributed by atoms with Crippen LogP contribution in [-0.4, -0.2) is 47.2 Å². The fourth-order valence-corrected chi connectivity index (χ4v) is 6.88. The first-order valence-electron chi connectivity index (χ1n) is 12.0. The summed E-state index contributed by atoms with van der Waals surface area (Å²) in [7, 11) is 0. The van der Waals surface area contributed by atoms with Gasteiger partial charge in [0.05, 0.1) is 25.1 Å². The predicted octanol–water partition coefficient (Wildman–Crippen LogP) is 4.88. The van der Waals surface area contributed by atoms with Gasteiger partial charge in [-0.2, -0.15) is 0 Å². The zero-order chi connectivity index (χ0) is 20.7. The van der Waals surface area contributed by atoms with Crippen LogP contribution in [0.5, 0.6) is 0 Å². The molecular weight excluding hydrogens is 392 g/mol. The second-order valence-corrected chi connectivity index (χ2v) is 11.0. The van der Waals surface area contributed by atoms with E-state index < -0.39 is 0 Å². The quantitative estimate of drug-likeness (QED) is 0.752. The van der Waals surface area contributed by atoms with E-state index in [1.54, 1.807) is 4.88 Å². The molecule has 0 radical (unpaired) electrons. The minimum absolute atomic E-state index is 0.515. The Morgan fingerprint density at radius 1 is 1.10 bits per heavy atom. The van der Waals surface area contributed by atoms with Crippen molar-refractivity contribution in [3.05, 3.63) is 16.3 Å². The molecule has 2 fully saturated rings. The van der Waals surface area contributed by atoms with E-state index in [1.807, 2.05) is 11.3 Å². The maximum Gasteiger partial charge on any atom is 0.146 e. The number of ether oxygens (including phenoxy) is 1. The minimum atomic E-state index is 0.515. The number of hydrogen-bond acceptors (Lipinski definition) is 6. The van der Waals surface area contributed by atoms with Crippen LogP contribution in [0.25, 0.3) is 10.2 Å². The molecule has 3 heterocycles. The maximum absolute atomic E-state index is 5.53. The number of aromatic nitrogens is 2. The standard InChI is InChI=1S/C24H36N4OS/c1-15-7-8-18-20(13-15)30-24-22(18)23(25-19-6-4-5-16(2)17(19)3)26-21(27-24)14-28-9-11-29-12-10-28/h15-17,19H,4-14H2,1-3H3,(H,25,26,27)/t15-,16+,17+,19+/m1/s1. The Kier molecular flexibility index (Phi) is 6.00. The van der Waals surface area contributed by atoms with Crippen molar-refractivity contribution >= 4 is 27.4 Å². The molecule has 2 aliphatic carbocycles. The van der Waals surface area contributed by atoms with Crippen molar-refractivity contribution in [2.75, 3.05) is 31.6 Å². The first-order valence-corrected chi connectivity index (χ1v) is 12.8. The summed E-state index contributed by atoms with van der Waals surface area (Å²) in [5, 5.41) is 5.27. The average Bonchev–Trinajstić information content (AvgIpc) is 3.09. The van der Waals surface area contributed by atoms with E-state index in [0.29, 0.717) is 12.0 Å². The van der Waals surface area contributed by atoms with Crippen LogP contribution in [0.2, 0.25) is 0 Å². The van der Waals surface area contributed by atoms with E-state index in [1.165, 1.54) is 54.3 Å². The molecule has 1 N–H and O–H groups in total. The Balaban J connectivity index is 1.51. The van der Waals surface area contributed by atoms with Gasteiger partial charge >= 0.3 is 0 Å². The molecule has 0 unspecified atom stereocenters. The number of morpholine rings is 1. The second kappa shape index (κ2) is 8.71. The van der Waals surface area contributed by atoms with Crippen LogP contribution >= 0.6 is 11.3 Å². The first kappa shape index (κ1) is 20.7. The molecule has 1 saturated carbocycles. The Labute approximate surface area is 184 Å². The Morgan fingerprint density at radius 2 is 1.93 bits per heavy atom. The summed E-state index contributed by atoms with van der Waals surface area (Å²) in [6.07, 6.45) is 7.58. The molecule has 1 saturated heterocycles. The Morgan fingerprint density at radius 3 is 2.77 bits per heavy atom. The normalized spacial score (nSPS) is 30.4. The summed E-state index contributed by atoms with van der Waals surface area (Å²) in [6, 6.07) is 0.515. The van der Waals surface area contributed by atoms with Gasteiger partial charge < -0.3 is 10.1 Å². The molecule has 3 aliphatic rings. The monoisotopic (exact) mass is 428 g/mol. The highest BCUT2D eigenvalue weighted by atomic mass is 32.1. The summed E-state index contributed by atoms with van der Waals surface area (Å²) in [5.41, 5.74) is 1.53. The number of nitrogens with zero attached hydrogens (tertiary/aromatic N) is 3. The van der Waals surface area contributed by atoms with E-state index in [0.717, 1.165) is 56.3 Å². The van der Waals surface area contributed by atoms with Crippen LogP contribution < -0.4 is 5.32 Å². The fraction of sp³-hybridized carbons (Fsp3) is 0.750. The van der Waals surface area contributed by atoms with Crippen LogP contribution in [0.3, 0.4) is 0 Å². The molecule has 0 aromatic carbocycles. The summed E-state index contributed by atoms with van der Waals surface area (Å²) in [6.45, 7) is 11.6. The lowest BCUT2D eigenvalue weighted by molar-refractivity contribution is 0.0331. The topological polar surface area (TPSA) is 50.3 Å². The molecule has 5 rings (SSSR count). The average molecular weight is 429 g/mol. The molecule has 0 spiro atoms. The Hall–Kier alpha value is -1.24. The number of hydrogen-bond donors (Lipinski definition) is 1.